The van der Waals surface area contributed by atoms with Crippen LogP contribution in [0.15, 0.2) is 168 Å². The largest absolute Gasteiger partial charge is 0.455 e. The summed E-state index contributed by atoms with van der Waals surface area (Å²) in [7, 11) is 0. The van der Waals surface area contributed by atoms with Gasteiger partial charge in [0, 0.05) is 43.9 Å². The molecular weight excluding hydrogens is 655 g/mol. The molecule has 2 nitrogen and oxygen atoms in total. The maximum absolute atomic E-state index is 6.56. The van der Waals surface area contributed by atoms with Crippen molar-refractivity contribution in [3.05, 3.63) is 186 Å². The smallest absolute Gasteiger partial charge is 0.143 e. The van der Waals surface area contributed by atoms with Gasteiger partial charge in [0.2, 0.25) is 0 Å². The lowest BCUT2D eigenvalue weighted by Crippen LogP contribution is -2.16. The number of para-hydroxylation sites is 1. The molecule has 0 spiro atoms. The van der Waals surface area contributed by atoms with Gasteiger partial charge in [0.25, 0.3) is 0 Å². The standard InChI is InChI=1S/C52H39NO/c1-51(2)42-19-10-7-16-37(42)41-31-35(28-29-44(41)51)53(46-22-13-21-45-49(46)38-17-8-11-20-43(38)52(45,3)4)34-26-24-32(25-27-34)40-30-33-14-5-6-15-36(33)50-48(40)39-18-9-12-23-47(39)54-50/h5-31H,1-4H3. The van der Waals surface area contributed by atoms with E-state index in [1.165, 1.54) is 61.1 Å². The fourth-order valence-electron chi connectivity index (χ4n) is 9.77. The first kappa shape index (κ1) is 31.2. The van der Waals surface area contributed by atoms with Crippen molar-refractivity contribution in [2.24, 2.45) is 0 Å². The first-order valence-corrected chi connectivity index (χ1v) is 19.0. The van der Waals surface area contributed by atoms with Gasteiger partial charge in [-0.15, -0.1) is 0 Å². The third-order valence-corrected chi connectivity index (χ3v) is 12.5. The summed E-state index contributed by atoms with van der Waals surface area (Å²) in [5.74, 6) is 0. The maximum Gasteiger partial charge on any atom is 0.143 e. The summed E-state index contributed by atoms with van der Waals surface area (Å²) in [6.45, 7) is 9.42. The molecule has 0 N–H and O–H groups in total. The van der Waals surface area contributed by atoms with Gasteiger partial charge < -0.3 is 9.32 Å². The van der Waals surface area contributed by atoms with Gasteiger partial charge in [0.15, 0.2) is 0 Å². The van der Waals surface area contributed by atoms with Crippen molar-refractivity contribution in [3.8, 4) is 33.4 Å². The number of anilines is 3. The highest BCUT2D eigenvalue weighted by Gasteiger charge is 2.39. The molecule has 258 valence electrons. The molecule has 0 fully saturated rings. The van der Waals surface area contributed by atoms with Gasteiger partial charge in [-0.25, -0.2) is 0 Å². The number of hydrogen-bond acceptors (Lipinski definition) is 2. The number of fused-ring (bicyclic) bond motifs is 11. The lowest BCUT2D eigenvalue weighted by molar-refractivity contribution is 0.660. The Morgan fingerprint density at radius 1 is 0.444 bits per heavy atom. The van der Waals surface area contributed by atoms with Gasteiger partial charge in [-0.3, -0.25) is 0 Å². The molecule has 54 heavy (non-hydrogen) atoms. The van der Waals surface area contributed by atoms with Crippen LogP contribution in [0, 0.1) is 0 Å². The minimum absolute atomic E-state index is 0.0592. The van der Waals surface area contributed by atoms with Crippen LogP contribution in [-0.4, -0.2) is 0 Å². The van der Waals surface area contributed by atoms with Gasteiger partial charge in [-0.05, 0) is 97.9 Å². The highest BCUT2D eigenvalue weighted by molar-refractivity contribution is 6.21. The molecule has 11 rings (SSSR count). The van der Waals surface area contributed by atoms with Crippen LogP contribution in [0.1, 0.15) is 49.9 Å². The van der Waals surface area contributed by atoms with Crippen LogP contribution < -0.4 is 4.90 Å². The average Bonchev–Trinajstić information content (AvgIpc) is 3.79. The van der Waals surface area contributed by atoms with E-state index in [2.05, 4.69) is 190 Å². The van der Waals surface area contributed by atoms with Gasteiger partial charge in [-0.2, -0.15) is 0 Å². The van der Waals surface area contributed by atoms with Crippen LogP contribution in [0.3, 0.4) is 0 Å². The Morgan fingerprint density at radius 3 is 1.87 bits per heavy atom. The minimum atomic E-state index is -0.104. The molecule has 2 heteroatoms. The van der Waals surface area contributed by atoms with Crippen molar-refractivity contribution in [2.45, 2.75) is 38.5 Å². The Balaban J connectivity index is 1.14. The van der Waals surface area contributed by atoms with E-state index in [1.54, 1.807) is 0 Å². The zero-order valence-electron chi connectivity index (χ0n) is 30.9. The summed E-state index contributed by atoms with van der Waals surface area (Å²) in [5.41, 5.74) is 18.3. The summed E-state index contributed by atoms with van der Waals surface area (Å²) in [4.78, 5) is 2.48. The molecule has 0 unspecified atom stereocenters. The van der Waals surface area contributed by atoms with Gasteiger partial charge >= 0.3 is 0 Å². The number of nitrogens with zero attached hydrogens (tertiary/aromatic N) is 1. The van der Waals surface area contributed by atoms with E-state index in [-0.39, 0.29) is 10.8 Å². The van der Waals surface area contributed by atoms with Gasteiger partial charge in [0.05, 0.1) is 5.69 Å². The number of hydrogen-bond donors (Lipinski definition) is 0. The predicted molar refractivity (Wildman–Crippen MR) is 226 cm³/mol. The molecule has 2 aliphatic carbocycles. The SMILES string of the molecule is CC1(C)c2ccccc2-c2cc(N(c3ccc(-c4cc5ccccc5c5oc6ccccc6c45)cc3)c3cccc4c3-c3ccccc3C4(C)C)ccc21. The molecule has 0 bridgehead atoms. The number of rotatable bonds is 4. The topological polar surface area (TPSA) is 16.4 Å². The molecule has 0 amide bonds. The fourth-order valence-corrected chi connectivity index (χ4v) is 9.77. The zero-order valence-corrected chi connectivity index (χ0v) is 30.9. The molecule has 0 saturated carbocycles. The lowest BCUT2D eigenvalue weighted by atomic mass is 9.82. The molecule has 8 aromatic carbocycles. The minimum Gasteiger partial charge on any atom is -0.455 e. The second-order valence-corrected chi connectivity index (χ2v) is 16.1. The Hall–Kier alpha value is -6.38. The Kier molecular flexibility index (Phi) is 6.39. The van der Waals surface area contributed by atoms with Crippen molar-refractivity contribution < 1.29 is 4.42 Å². The molecule has 0 saturated heterocycles. The maximum atomic E-state index is 6.56. The lowest BCUT2D eigenvalue weighted by Gasteiger charge is -2.30. The first-order chi connectivity index (χ1) is 26.3. The summed E-state index contributed by atoms with van der Waals surface area (Å²) in [5, 5.41) is 4.61. The second-order valence-electron chi connectivity index (χ2n) is 16.1. The average molecular weight is 694 g/mol. The second kappa shape index (κ2) is 11.1. The zero-order chi connectivity index (χ0) is 36.3. The van der Waals surface area contributed by atoms with Crippen LogP contribution in [0.5, 0.6) is 0 Å². The van der Waals surface area contributed by atoms with E-state index < -0.39 is 0 Å². The molecule has 1 aromatic heterocycles. The van der Waals surface area contributed by atoms with Crippen LogP contribution in [-0.2, 0) is 10.8 Å². The predicted octanol–water partition coefficient (Wildman–Crippen LogP) is 14.5. The number of benzene rings is 8. The normalized spacial score (nSPS) is 14.6. The van der Waals surface area contributed by atoms with E-state index in [4.69, 9.17) is 4.42 Å². The summed E-state index contributed by atoms with van der Waals surface area (Å²) >= 11 is 0. The molecule has 0 atom stereocenters. The van der Waals surface area contributed by atoms with Crippen molar-refractivity contribution in [2.75, 3.05) is 4.90 Å². The van der Waals surface area contributed by atoms with Crippen LogP contribution >= 0.6 is 0 Å². The molecule has 0 radical (unpaired) electrons. The summed E-state index contributed by atoms with van der Waals surface area (Å²) in [6, 6.07) is 60.3. The highest BCUT2D eigenvalue weighted by atomic mass is 16.3. The van der Waals surface area contributed by atoms with E-state index in [1.807, 2.05) is 6.07 Å². The van der Waals surface area contributed by atoms with Crippen molar-refractivity contribution in [3.63, 3.8) is 0 Å². The van der Waals surface area contributed by atoms with Crippen molar-refractivity contribution in [1.82, 2.24) is 0 Å². The third-order valence-electron chi connectivity index (χ3n) is 12.5. The molecule has 9 aromatic rings. The van der Waals surface area contributed by atoms with E-state index >= 15 is 0 Å². The number of furan rings is 1. The van der Waals surface area contributed by atoms with Gasteiger partial charge in [0.1, 0.15) is 11.2 Å². The summed E-state index contributed by atoms with van der Waals surface area (Å²) < 4.78 is 6.56. The Morgan fingerprint density at radius 2 is 1.06 bits per heavy atom. The van der Waals surface area contributed by atoms with E-state index in [0.29, 0.717) is 0 Å². The Bertz CT molecular complexity index is 3000. The van der Waals surface area contributed by atoms with E-state index in [9.17, 15) is 0 Å². The van der Waals surface area contributed by atoms with Crippen molar-refractivity contribution >= 4 is 49.8 Å². The Labute approximate surface area is 315 Å². The van der Waals surface area contributed by atoms with Crippen LogP contribution in [0.25, 0.3) is 66.1 Å². The highest BCUT2D eigenvalue weighted by Crippen LogP contribution is 2.56. The molecule has 2 aliphatic rings. The van der Waals surface area contributed by atoms with E-state index in [0.717, 1.165) is 44.3 Å². The summed E-state index contributed by atoms with van der Waals surface area (Å²) in [6.07, 6.45) is 0. The van der Waals surface area contributed by atoms with Crippen LogP contribution in [0.2, 0.25) is 0 Å². The van der Waals surface area contributed by atoms with Gasteiger partial charge in [-0.1, -0.05) is 149 Å². The van der Waals surface area contributed by atoms with Crippen molar-refractivity contribution in [1.29, 1.82) is 0 Å². The molecule has 1 heterocycles. The fraction of sp³-hybridized carbons (Fsp3) is 0.115. The monoisotopic (exact) mass is 693 g/mol. The molecule has 0 aliphatic heterocycles. The van der Waals surface area contributed by atoms with Crippen LogP contribution in [0.4, 0.5) is 17.1 Å². The molecular formula is C52H39NO. The first-order valence-electron chi connectivity index (χ1n) is 19.0. The quantitative estimate of drug-likeness (QED) is 0.182. The third kappa shape index (κ3) is 4.23.